The van der Waals surface area contributed by atoms with Crippen LogP contribution in [0.1, 0.15) is 10.4 Å². The molecule has 0 radical (unpaired) electrons. The van der Waals surface area contributed by atoms with Crippen molar-refractivity contribution in [3.8, 4) is 0 Å². The fourth-order valence-electron chi connectivity index (χ4n) is 1.38. The Balaban J connectivity index is 2.18. The molecule has 6 heteroatoms. The molecule has 0 aliphatic rings. The molecule has 0 spiro atoms. The van der Waals surface area contributed by atoms with Crippen molar-refractivity contribution in [3.63, 3.8) is 0 Å². The van der Waals surface area contributed by atoms with Crippen molar-refractivity contribution in [1.29, 1.82) is 0 Å². The number of hydrogen-bond acceptors (Lipinski definition) is 3. The van der Waals surface area contributed by atoms with E-state index in [2.05, 4.69) is 10.3 Å². The van der Waals surface area contributed by atoms with Crippen LogP contribution in [-0.4, -0.2) is 15.5 Å². The van der Waals surface area contributed by atoms with Crippen LogP contribution in [0.25, 0.3) is 0 Å². The molecule has 5 nitrogen and oxygen atoms in total. The van der Waals surface area contributed by atoms with Crippen molar-refractivity contribution in [2.45, 2.75) is 0 Å². The van der Waals surface area contributed by atoms with E-state index in [4.69, 9.17) is 11.6 Å². The van der Waals surface area contributed by atoms with E-state index in [0.29, 0.717) is 16.4 Å². The fourth-order valence-corrected chi connectivity index (χ4v) is 1.49. The summed E-state index contributed by atoms with van der Waals surface area (Å²) in [5.74, 6) is -0.308. The lowest BCUT2D eigenvalue weighted by molar-refractivity contribution is 0.102. The van der Waals surface area contributed by atoms with Crippen LogP contribution in [0.4, 0.5) is 5.69 Å². The number of nitrogens with one attached hydrogen (secondary N) is 1. The van der Waals surface area contributed by atoms with Gasteiger partial charge in [-0.25, -0.2) is 4.98 Å². The highest BCUT2D eigenvalue weighted by Crippen LogP contribution is 2.09. The summed E-state index contributed by atoms with van der Waals surface area (Å²) in [7, 11) is 1.61. The van der Waals surface area contributed by atoms with E-state index in [9.17, 15) is 9.59 Å². The van der Waals surface area contributed by atoms with E-state index >= 15 is 0 Å². The van der Waals surface area contributed by atoms with Crippen LogP contribution < -0.4 is 10.9 Å². The smallest absolute Gasteiger partial charge is 0.257 e. The number of amides is 1. The zero-order chi connectivity index (χ0) is 13.1. The van der Waals surface area contributed by atoms with Crippen molar-refractivity contribution in [1.82, 2.24) is 9.55 Å². The molecule has 18 heavy (non-hydrogen) atoms. The summed E-state index contributed by atoms with van der Waals surface area (Å²) in [6.07, 6.45) is 2.93. The number of hydrogen-bond donors (Lipinski definition) is 1. The van der Waals surface area contributed by atoms with Crippen molar-refractivity contribution in [3.05, 3.63) is 57.7 Å². The normalized spacial score (nSPS) is 10.1. The Morgan fingerprint density at radius 3 is 2.72 bits per heavy atom. The summed E-state index contributed by atoms with van der Waals surface area (Å²) in [6.45, 7) is 0. The zero-order valence-corrected chi connectivity index (χ0v) is 10.3. The SMILES string of the molecule is Cn1cc(NC(=O)c2ccc(Cl)nc2)ccc1=O. The highest BCUT2D eigenvalue weighted by molar-refractivity contribution is 6.29. The lowest BCUT2D eigenvalue weighted by Crippen LogP contribution is -2.18. The topological polar surface area (TPSA) is 64.0 Å². The Morgan fingerprint density at radius 2 is 2.11 bits per heavy atom. The van der Waals surface area contributed by atoms with Gasteiger partial charge in [0.15, 0.2) is 0 Å². The van der Waals surface area contributed by atoms with E-state index < -0.39 is 0 Å². The first kappa shape index (κ1) is 12.3. The maximum absolute atomic E-state index is 11.8. The Kier molecular flexibility index (Phi) is 3.43. The average Bonchev–Trinajstić information content (AvgIpc) is 2.34. The van der Waals surface area contributed by atoms with Crippen molar-refractivity contribution < 1.29 is 4.79 Å². The molecular weight excluding hydrogens is 254 g/mol. The van der Waals surface area contributed by atoms with Crippen LogP contribution in [0, 0.1) is 0 Å². The second kappa shape index (κ2) is 5.01. The summed E-state index contributed by atoms with van der Waals surface area (Å²) in [5, 5.41) is 2.99. The van der Waals surface area contributed by atoms with Crippen molar-refractivity contribution in [2.24, 2.45) is 7.05 Å². The number of carbonyl (C=O) groups is 1. The average molecular weight is 264 g/mol. The highest BCUT2D eigenvalue weighted by atomic mass is 35.5. The summed E-state index contributed by atoms with van der Waals surface area (Å²) in [6, 6.07) is 6.04. The molecule has 2 heterocycles. The van der Waals surface area contributed by atoms with Gasteiger partial charge in [-0.05, 0) is 18.2 Å². The van der Waals surface area contributed by atoms with Gasteiger partial charge >= 0.3 is 0 Å². The molecule has 92 valence electrons. The van der Waals surface area contributed by atoms with E-state index in [1.807, 2.05) is 0 Å². The zero-order valence-electron chi connectivity index (χ0n) is 9.55. The molecule has 1 amide bonds. The quantitative estimate of drug-likeness (QED) is 0.839. The van der Waals surface area contributed by atoms with Gasteiger partial charge in [0.2, 0.25) is 5.56 Å². The molecular formula is C12H10ClN3O2. The summed E-state index contributed by atoms with van der Waals surface area (Å²) in [5.41, 5.74) is 0.798. The molecule has 0 unspecified atom stereocenters. The highest BCUT2D eigenvalue weighted by Gasteiger charge is 2.06. The predicted octanol–water partition coefficient (Wildman–Crippen LogP) is 1.69. The van der Waals surface area contributed by atoms with E-state index in [1.165, 1.54) is 22.9 Å². The molecule has 2 aromatic heterocycles. The summed E-state index contributed by atoms with van der Waals surface area (Å²) in [4.78, 5) is 26.9. The maximum Gasteiger partial charge on any atom is 0.257 e. The van der Waals surface area contributed by atoms with Crippen LogP contribution in [0.15, 0.2) is 41.5 Å². The molecule has 2 rings (SSSR count). The molecule has 0 saturated carbocycles. The number of halogens is 1. The molecule has 2 aromatic rings. The molecule has 0 aromatic carbocycles. The first-order chi connectivity index (χ1) is 8.56. The van der Waals surface area contributed by atoms with E-state index in [-0.39, 0.29) is 11.5 Å². The van der Waals surface area contributed by atoms with Crippen LogP contribution in [0.2, 0.25) is 5.15 Å². The minimum absolute atomic E-state index is 0.138. The number of carbonyl (C=O) groups excluding carboxylic acids is 1. The number of aryl methyl sites for hydroxylation is 1. The fraction of sp³-hybridized carbons (Fsp3) is 0.0833. The van der Waals surface area contributed by atoms with Gasteiger partial charge < -0.3 is 9.88 Å². The molecule has 0 saturated heterocycles. The van der Waals surface area contributed by atoms with Crippen LogP contribution in [-0.2, 0) is 7.05 Å². The third-order valence-electron chi connectivity index (χ3n) is 2.33. The third kappa shape index (κ3) is 2.75. The standard InChI is InChI=1S/C12H10ClN3O2/c1-16-7-9(3-5-11(16)17)15-12(18)8-2-4-10(13)14-6-8/h2-7H,1H3,(H,15,18). The van der Waals surface area contributed by atoms with Crippen LogP contribution in [0.5, 0.6) is 0 Å². The minimum atomic E-state index is -0.308. The number of aromatic nitrogens is 2. The van der Waals surface area contributed by atoms with Crippen LogP contribution in [0.3, 0.4) is 0 Å². The van der Waals surface area contributed by atoms with Gasteiger partial charge in [-0.3, -0.25) is 9.59 Å². The van der Waals surface area contributed by atoms with Crippen molar-refractivity contribution in [2.75, 3.05) is 5.32 Å². The number of pyridine rings is 2. The Labute approximate surface area is 108 Å². The van der Waals surface area contributed by atoms with Gasteiger partial charge in [-0.2, -0.15) is 0 Å². The van der Waals surface area contributed by atoms with E-state index in [0.717, 1.165) is 0 Å². The first-order valence-electron chi connectivity index (χ1n) is 5.16. The van der Waals surface area contributed by atoms with Gasteiger partial charge in [0.25, 0.3) is 5.91 Å². The summed E-state index contributed by atoms with van der Waals surface area (Å²) < 4.78 is 1.38. The molecule has 0 fully saturated rings. The molecule has 0 atom stereocenters. The van der Waals surface area contributed by atoms with Gasteiger partial charge in [0, 0.05) is 25.5 Å². The molecule has 1 N–H and O–H groups in total. The largest absolute Gasteiger partial charge is 0.321 e. The third-order valence-corrected chi connectivity index (χ3v) is 2.56. The monoisotopic (exact) mass is 263 g/mol. The molecule has 0 aliphatic carbocycles. The second-order valence-electron chi connectivity index (χ2n) is 3.69. The first-order valence-corrected chi connectivity index (χ1v) is 5.53. The minimum Gasteiger partial charge on any atom is -0.321 e. The van der Waals surface area contributed by atoms with Gasteiger partial charge in [0.1, 0.15) is 5.15 Å². The number of anilines is 1. The van der Waals surface area contributed by atoms with Gasteiger partial charge in [-0.15, -0.1) is 0 Å². The predicted molar refractivity (Wildman–Crippen MR) is 68.9 cm³/mol. The number of rotatable bonds is 2. The molecule has 0 aliphatic heterocycles. The second-order valence-corrected chi connectivity index (χ2v) is 4.08. The van der Waals surface area contributed by atoms with Crippen molar-refractivity contribution >= 4 is 23.2 Å². The molecule has 0 bridgehead atoms. The van der Waals surface area contributed by atoms with Gasteiger partial charge in [0.05, 0.1) is 11.3 Å². The van der Waals surface area contributed by atoms with E-state index in [1.54, 1.807) is 25.4 Å². The maximum atomic E-state index is 11.8. The number of nitrogens with zero attached hydrogens (tertiary/aromatic N) is 2. The van der Waals surface area contributed by atoms with Gasteiger partial charge in [-0.1, -0.05) is 11.6 Å². The Hall–Kier alpha value is -2.14. The summed E-state index contributed by atoms with van der Waals surface area (Å²) >= 11 is 5.63. The van der Waals surface area contributed by atoms with Crippen LogP contribution >= 0.6 is 11.6 Å². The lowest BCUT2D eigenvalue weighted by Gasteiger charge is -2.06. The Bertz CT molecular complexity index is 635. The Morgan fingerprint density at radius 1 is 1.33 bits per heavy atom. The lowest BCUT2D eigenvalue weighted by atomic mass is 10.2.